The normalized spacial score (nSPS) is 16.5. The van der Waals surface area contributed by atoms with E-state index in [1.54, 1.807) is 31.2 Å². The van der Waals surface area contributed by atoms with Crippen LogP contribution >= 0.6 is 0 Å². The van der Waals surface area contributed by atoms with Gasteiger partial charge in [-0.2, -0.15) is 0 Å². The number of nitrogens with one attached hydrogen (secondary N) is 3. The zero-order valence-corrected chi connectivity index (χ0v) is 36.5. The molecule has 1 aliphatic rings. The maximum Gasteiger partial charge on any atom is 0.326 e. The first-order valence-electron chi connectivity index (χ1n) is 20.8. The van der Waals surface area contributed by atoms with Gasteiger partial charge >= 0.3 is 5.97 Å². The number of phenols is 1. The van der Waals surface area contributed by atoms with Gasteiger partial charge in [0.1, 0.15) is 29.7 Å². The number of carboxylic acid groups (broad SMARTS) is 1. The fourth-order valence-electron chi connectivity index (χ4n) is 7.11. The summed E-state index contributed by atoms with van der Waals surface area (Å²) in [5.41, 5.74) is 22.0. The zero-order valence-electron chi connectivity index (χ0n) is 36.5. The molecule has 0 unspecified atom stereocenters. The van der Waals surface area contributed by atoms with Gasteiger partial charge in [-0.1, -0.05) is 51.1 Å². The highest BCUT2D eigenvalue weighted by Gasteiger charge is 2.34. The van der Waals surface area contributed by atoms with Crippen molar-refractivity contribution in [2.75, 3.05) is 45.6 Å². The lowest BCUT2D eigenvalue weighted by Gasteiger charge is -2.30. The molecule has 0 aliphatic carbocycles. The minimum absolute atomic E-state index is 0.0414. The van der Waals surface area contributed by atoms with Crippen molar-refractivity contribution in [3.63, 3.8) is 0 Å². The number of carbonyl (C=O) groups excluding carboxylic acids is 4. The minimum atomic E-state index is -1.50. The number of anilines is 1. The second-order valence-electron chi connectivity index (χ2n) is 16.6. The Bertz CT molecular complexity index is 2320. The Kier molecular flexibility index (Phi) is 15.4. The van der Waals surface area contributed by atoms with Crippen LogP contribution in [0, 0.1) is 6.92 Å². The topological polar surface area (TPSA) is 275 Å². The van der Waals surface area contributed by atoms with Crippen LogP contribution in [0.4, 0.5) is 5.82 Å². The standard InChI is InChI=1S/C46H58N8O9/c1-25-19-33(28-10-12-30(13-11-28)46(3,4)5)52-41(49)38(25)43(58)50-24-37(55)54(6)39-29-22-32(40(56)36(23-29)63-18-8-16-48)31-20-27(9-14-35(31)62-17-7-15-47)21-34(45(60)61)53-42(57)26(2)51-44(39)59/h9-14,19-20,22-23,26,34,39,56H,7-8,15-18,21,24,47-48H2,1-6H3,(H2,49,52)(H,50,58)(H,51,59)(H,53,57)(H,60,61)/t26-,34-,39-/m0/s1. The largest absolute Gasteiger partial charge is 0.504 e. The second-order valence-corrected chi connectivity index (χ2v) is 16.6. The highest BCUT2D eigenvalue weighted by molar-refractivity contribution is 6.02. The number of carbonyl (C=O) groups is 5. The van der Waals surface area contributed by atoms with Crippen LogP contribution in [0.5, 0.6) is 17.2 Å². The molecule has 63 heavy (non-hydrogen) atoms. The maximum atomic E-state index is 14.4. The van der Waals surface area contributed by atoms with Crippen LogP contribution in [0.3, 0.4) is 0 Å². The van der Waals surface area contributed by atoms with E-state index in [4.69, 9.17) is 26.7 Å². The quantitative estimate of drug-likeness (QED) is 0.0847. The zero-order chi connectivity index (χ0) is 46.2. The number of nitrogens with zero attached hydrogens (tertiary/aromatic N) is 2. The van der Waals surface area contributed by atoms with E-state index in [9.17, 15) is 34.2 Å². The summed E-state index contributed by atoms with van der Waals surface area (Å²) in [7, 11) is 1.34. The number of fused-ring (bicyclic) bond motifs is 5. The molecule has 2 heterocycles. The number of benzene rings is 3. The van der Waals surface area contributed by atoms with Gasteiger partial charge in [0.2, 0.25) is 17.7 Å². The number of nitrogen functional groups attached to an aromatic ring is 1. The SMILES string of the molecule is Cc1cc(-c2ccc(C(C)(C)C)cc2)nc(N)c1C(=O)NCC(=O)N(C)[C@@H]1C(=O)N[C@@H](C)C(=O)N[C@H](C(=O)O)Cc2ccc(OCCCN)c(c2)-c2cc1cc(OCCCN)c2O. The van der Waals surface area contributed by atoms with Crippen molar-refractivity contribution in [1.29, 1.82) is 0 Å². The van der Waals surface area contributed by atoms with E-state index in [2.05, 4.69) is 41.7 Å². The van der Waals surface area contributed by atoms with Crippen molar-refractivity contribution >= 4 is 35.4 Å². The van der Waals surface area contributed by atoms with Gasteiger partial charge in [0.25, 0.3) is 5.91 Å². The number of aryl methyl sites for hydroxylation is 1. The van der Waals surface area contributed by atoms with Crippen LogP contribution < -0.4 is 42.6 Å². The number of phenolic OH excluding ortho intramolecular Hbond substituents is 1. The predicted molar refractivity (Wildman–Crippen MR) is 238 cm³/mol. The molecule has 3 aromatic carbocycles. The fraction of sp³-hybridized carbons (Fsp3) is 0.391. The average Bonchev–Trinajstić information content (AvgIpc) is 3.23. The average molecular weight is 867 g/mol. The number of likely N-dealkylation sites (N-methyl/N-ethyl adjacent to an activating group) is 1. The molecular weight excluding hydrogens is 809 g/mol. The second kappa shape index (κ2) is 20.4. The Morgan fingerprint density at radius 1 is 0.905 bits per heavy atom. The van der Waals surface area contributed by atoms with Crippen molar-refractivity contribution in [3.05, 3.63) is 88.5 Å². The highest BCUT2D eigenvalue weighted by Crippen LogP contribution is 2.44. The molecule has 0 spiro atoms. The van der Waals surface area contributed by atoms with Crippen molar-refractivity contribution in [2.45, 2.75) is 77.4 Å². The predicted octanol–water partition coefficient (Wildman–Crippen LogP) is 3.32. The van der Waals surface area contributed by atoms with Gasteiger partial charge < -0.3 is 57.7 Å². The van der Waals surface area contributed by atoms with Gasteiger partial charge in [0.05, 0.1) is 31.0 Å². The van der Waals surface area contributed by atoms with Crippen LogP contribution in [0.2, 0.25) is 0 Å². The molecule has 4 bridgehead atoms. The molecule has 4 aromatic rings. The Labute approximate surface area is 366 Å². The van der Waals surface area contributed by atoms with Gasteiger partial charge in [-0.05, 0) is 97.8 Å². The summed E-state index contributed by atoms with van der Waals surface area (Å²) in [6.45, 7) is 9.77. The number of pyridine rings is 1. The third-order valence-electron chi connectivity index (χ3n) is 10.7. The number of aromatic nitrogens is 1. The minimum Gasteiger partial charge on any atom is -0.504 e. The summed E-state index contributed by atoms with van der Waals surface area (Å²) in [5, 5.41) is 29.6. The van der Waals surface area contributed by atoms with Crippen LogP contribution in [0.25, 0.3) is 22.4 Å². The van der Waals surface area contributed by atoms with E-state index in [0.29, 0.717) is 47.5 Å². The van der Waals surface area contributed by atoms with Crippen molar-refractivity contribution in [3.8, 4) is 39.6 Å². The van der Waals surface area contributed by atoms with E-state index < -0.39 is 54.3 Å². The van der Waals surface area contributed by atoms with Gasteiger partial charge in [-0.3, -0.25) is 19.2 Å². The number of aromatic hydroxyl groups is 1. The maximum absolute atomic E-state index is 14.4. The molecule has 336 valence electrons. The Morgan fingerprint density at radius 2 is 1.56 bits per heavy atom. The van der Waals surface area contributed by atoms with E-state index in [1.165, 1.54) is 26.1 Å². The molecule has 3 atom stereocenters. The summed E-state index contributed by atoms with van der Waals surface area (Å²) in [4.78, 5) is 73.5. The first kappa shape index (κ1) is 47.3. The van der Waals surface area contributed by atoms with Gasteiger partial charge in [0, 0.05) is 30.2 Å². The van der Waals surface area contributed by atoms with Crippen LogP contribution in [-0.4, -0.2) is 102 Å². The van der Waals surface area contributed by atoms with E-state index >= 15 is 0 Å². The number of amides is 4. The molecule has 0 fully saturated rings. The monoisotopic (exact) mass is 866 g/mol. The number of hydrogen-bond donors (Lipinski definition) is 8. The Hall–Kier alpha value is -6.72. The Morgan fingerprint density at radius 3 is 2.16 bits per heavy atom. The summed E-state index contributed by atoms with van der Waals surface area (Å²) < 4.78 is 12.1. The summed E-state index contributed by atoms with van der Waals surface area (Å²) in [6, 6.07) is 13.3. The molecule has 5 rings (SSSR count). The van der Waals surface area contributed by atoms with Crippen molar-refractivity contribution in [2.24, 2.45) is 11.5 Å². The molecule has 17 heteroatoms. The Balaban J connectivity index is 1.54. The fourth-order valence-corrected chi connectivity index (χ4v) is 7.11. The number of aliphatic carboxylic acids is 1. The number of ether oxygens (including phenoxy) is 2. The van der Waals surface area contributed by atoms with Crippen molar-refractivity contribution in [1.82, 2.24) is 25.8 Å². The molecule has 1 aliphatic heterocycles. The molecule has 4 amide bonds. The molecule has 11 N–H and O–H groups in total. The van der Waals surface area contributed by atoms with Gasteiger partial charge in [-0.25, -0.2) is 9.78 Å². The van der Waals surface area contributed by atoms with Crippen LogP contribution in [0.1, 0.15) is 79.2 Å². The molecular formula is C46H58N8O9. The first-order chi connectivity index (χ1) is 29.8. The van der Waals surface area contributed by atoms with Crippen LogP contribution in [0.15, 0.2) is 60.7 Å². The van der Waals surface area contributed by atoms with E-state index in [0.717, 1.165) is 16.0 Å². The van der Waals surface area contributed by atoms with Crippen LogP contribution in [-0.2, 0) is 31.0 Å². The third-order valence-corrected chi connectivity index (χ3v) is 10.7. The molecule has 0 radical (unpaired) electrons. The summed E-state index contributed by atoms with van der Waals surface area (Å²) in [5.74, 6) is -4.46. The molecule has 1 aromatic heterocycles. The third kappa shape index (κ3) is 11.4. The van der Waals surface area contributed by atoms with Crippen molar-refractivity contribution < 1.29 is 43.7 Å². The molecule has 17 nitrogen and oxygen atoms in total. The molecule has 0 saturated heterocycles. The lowest BCUT2D eigenvalue weighted by molar-refractivity contribution is -0.142. The summed E-state index contributed by atoms with van der Waals surface area (Å²) >= 11 is 0. The lowest BCUT2D eigenvalue weighted by atomic mass is 9.86. The smallest absolute Gasteiger partial charge is 0.326 e. The number of nitrogens with two attached hydrogens (primary N) is 3. The lowest BCUT2D eigenvalue weighted by Crippen LogP contribution is -2.53. The number of hydrogen-bond acceptors (Lipinski definition) is 12. The van der Waals surface area contributed by atoms with E-state index in [1.807, 2.05) is 24.3 Å². The number of rotatable bonds is 14. The molecule has 0 saturated carbocycles. The van der Waals surface area contributed by atoms with Gasteiger partial charge in [0.15, 0.2) is 11.5 Å². The first-order valence-corrected chi connectivity index (χ1v) is 20.8. The number of carboxylic acids is 1. The highest BCUT2D eigenvalue weighted by atomic mass is 16.5. The van der Waals surface area contributed by atoms with Gasteiger partial charge in [-0.15, -0.1) is 0 Å². The van der Waals surface area contributed by atoms with E-state index in [-0.39, 0.29) is 65.6 Å². The summed E-state index contributed by atoms with van der Waals surface area (Å²) in [6.07, 6.45) is 0.762.